The minimum Gasteiger partial charge on any atom is -0.384 e. The molecule has 6 nitrogen and oxygen atoms in total. The molecule has 1 aromatic carbocycles. The Hall–Kier alpha value is -2.15. The van der Waals surface area contributed by atoms with E-state index in [0.717, 1.165) is 69.7 Å². The Balaban J connectivity index is 1.30. The van der Waals surface area contributed by atoms with Crippen molar-refractivity contribution in [1.29, 1.82) is 0 Å². The van der Waals surface area contributed by atoms with Crippen LogP contribution < -0.4 is 5.73 Å². The highest BCUT2D eigenvalue weighted by Gasteiger charge is 2.32. The lowest BCUT2D eigenvalue weighted by atomic mass is 9.86. The van der Waals surface area contributed by atoms with Gasteiger partial charge in [-0.3, -0.25) is 14.7 Å². The van der Waals surface area contributed by atoms with Crippen molar-refractivity contribution in [3.8, 4) is 0 Å². The summed E-state index contributed by atoms with van der Waals surface area (Å²) in [5.41, 5.74) is 9.02. The zero-order chi connectivity index (χ0) is 24.1. The maximum Gasteiger partial charge on any atom is 0.225 e. The number of rotatable bonds is 6. The zero-order valence-corrected chi connectivity index (χ0v) is 21.2. The van der Waals surface area contributed by atoms with Crippen LogP contribution in [0.15, 0.2) is 41.5 Å². The summed E-state index contributed by atoms with van der Waals surface area (Å²) in [4.78, 5) is 26.6. The summed E-state index contributed by atoms with van der Waals surface area (Å²) in [7, 11) is 0. The van der Waals surface area contributed by atoms with Crippen molar-refractivity contribution in [2.45, 2.75) is 39.2 Å². The van der Waals surface area contributed by atoms with Crippen molar-refractivity contribution in [2.75, 3.05) is 38.5 Å². The lowest BCUT2D eigenvalue weighted by molar-refractivity contribution is -0.138. The summed E-state index contributed by atoms with van der Waals surface area (Å²) < 4.78 is 0. The molecule has 3 heterocycles. The second-order valence-electron chi connectivity index (χ2n) is 9.26. The smallest absolute Gasteiger partial charge is 0.225 e. The summed E-state index contributed by atoms with van der Waals surface area (Å²) in [6, 6.07) is 9.55. The number of aliphatic imine (C=N–C) groups is 1. The molecule has 2 saturated heterocycles. The number of likely N-dealkylation sites (tertiary alicyclic amines) is 2. The van der Waals surface area contributed by atoms with Crippen molar-refractivity contribution < 1.29 is 4.79 Å². The SMILES string of the molecule is CCN=C(c1cc(Cl)cc(Cl)c1)C1CCN(C(=O)C2CCN(Cc3ccnc(N)c3)CC2)CC1. The number of carbonyl (C=O) groups is 1. The van der Waals surface area contributed by atoms with Gasteiger partial charge >= 0.3 is 0 Å². The fourth-order valence-electron chi connectivity index (χ4n) is 5.15. The van der Waals surface area contributed by atoms with Crippen molar-refractivity contribution in [2.24, 2.45) is 16.8 Å². The Morgan fingerprint density at radius 1 is 1.03 bits per heavy atom. The largest absolute Gasteiger partial charge is 0.384 e. The molecule has 0 bridgehead atoms. The highest BCUT2D eigenvalue weighted by atomic mass is 35.5. The predicted molar refractivity (Wildman–Crippen MR) is 139 cm³/mol. The first kappa shape index (κ1) is 25.0. The molecule has 182 valence electrons. The van der Waals surface area contributed by atoms with Crippen LogP contribution in [0.3, 0.4) is 0 Å². The monoisotopic (exact) mass is 501 g/mol. The van der Waals surface area contributed by atoms with Crippen LogP contribution in [0.1, 0.15) is 43.7 Å². The molecular weight excluding hydrogens is 469 g/mol. The van der Waals surface area contributed by atoms with Gasteiger partial charge in [-0.05, 0) is 87.2 Å². The number of nitrogen functional groups attached to an aromatic ring is 1. The van der Waals surface area contributed by atoms with Gasteiger partial charge in [0.1, 0.15) is 5.82 Å². The fraction of sp³-hybridized carbons (Fsp3) is 0.500. The van der Waals surface area contributed by atoms with Gasteiger partial charge in [0.2, 0.25) is 5.91 Å². The highest BCUT2D eigenvalue weighted by molar-refractivity contribution is 6.35. The van der Waals surface area contributed by atoms with Crippen molar-refractivity contribution in [3.05, 3.63) is 57.7 Å². The van der Waals surface area contributed by atoms with Crippen LogP contribution in [-0.4, -0.2) is 59.1 Å². The first-order valence-electron chi connectivity index (χ1n) is 12.1. The van der Waals surface area contributed by atoms with E-state index in [1.807, 2.05) is 31.2 Å². The van der Waals surface area contributed by atoms with Crippen molar-refractivity contribution in [3.63, 3.8) is 0 Å². The molecule has 2 fully saturated rings. The number of piperidine rings is 2. The Bertz CT molecular complexity index is 1010. The summed E-state index contributed by atoms with van der Waals surface area (Å²) in [6.07, 6.45) is 5.39. The quantitative estimate of drug-likeness (QED) is 0.569. The number of nitrogens with zero attached hydrogens (tertiary/aromatic N) is 4. The molecule has 0 unspecified atom stereocenters. The molecule has 0 atom stereocenters. The number of aromatic nitrogens is 1. The van der Waals surface area contributed by atoms with E-state index in [-0.39, 0.29) is 5.92 Å². The molecule has 0 spiro atoms. The summed E-state index contributed by atoms with van der Waals surface area (Å²) in [5, 5.41) is 1.25. The molecular formula is C26H33Cl2N5O. The molecule has 0 saturated carbocycles. The molecule has 34 heavy (non-hydrogen) atoms. The number of pyridine rings is 1. The van der Waals surface area contributed by atoms with Gasteiger partial charge in [-0.25, -0.2) is 4.98 Å². The van der Waals surface area contributed by atoms with Gasteiger partial charge in [0.15, 0.2) is 0 Å². The molecule has 2 aliphatic heterocycles. The van der Waals surface area contributed by atoms with E-state index >= 15 is 0 Å². The summed E-state index contributed by atoms with van der Waals surface area (Å²) in [5.74, 6) is 1.29. The van der Waals surface area contributed by atoms with Crippen LogP contribution in [0.2, 0.25) is 10.0 Å². The number of carbonyl (C=O) groups excluding carboxylic acids is 1. The third-order valence-corrected chi connectivity index (χ3v) is 7.31. The molecule has 1 aromatic heterocycles. The van der Waals surface area contributed by atoms with Crippen LogP contribution in [0.4, 0.5) is 5.82 Å². The van der Waals surface area contributed by atoms with Gasteiger partial charge in [0, 0.05) is 60.0 Å². The predicted octanol–water partition coefficient (Wildman–Crippen LogP) is 4.93. The normalized spacial score (nSPS) is 18.9. The van der Waals surface area contributed by atoms with E-state index in [1.165, 1.54) is 5.56 Å². The summed E-state index contributed by atoms with van der Waals surface area (Å²) in [6.45, 7) is 7.01. The van der Waals surface area contributed by atoms with Gasteiger partial charge < -0.3 is 10.6 Å². The number of amides is 1. The first-order valence-corrected chi connectivity index (χ1v) is 12.9. The Morgan fingerprint density at radius 3 is 2.29 bits per heavy atom. The van der Waals surface area contributed by atoms with E-state index < -0.39 is 0 Å². The number of halogens is 2. The van der Waals surface area contributed by atoms with Crippen LogP contribution in [0, 0.1) is 11.8 Å². The average Bonchev–Trinajstić information content (AvgIpc) is 2.82. The van der Waals surface area contributed by atoms with Gasteiger partial charge in [0.25, 0.3) is 0 Å². The Morgan fingerprint density at radius 2 is 1.68 bits per heavy atom. The topological polar surface area (TPSA) is 74.8 Å². The highest BCUT2D eigenvalue weighted by Crippen LogP contribution is 2.29. The Labute approximate surface area is 212 Å². The van der Waals surface area contributed by atoms with Crippen molar-refractivity contribution in [1.82, 2.24) is 14.8 Å². The molecule has 0 radical (unpaired) electrons. The van der Waals surface area contributed by atoms with Gasteiger partial charge in [-0.15, -0.1) is 0 Å². The third-order valence-electron chi connectivity index (χ3n) is 6.87. The van der Waals surface area contributed by atoms with Crippen molar-refractivity contribution >= 4 is 40.6 Å². The minimum atomic E-state index is 0.117. The molecule has 0 aliphatic carbocycles. The van der Waals surface area contributed by atoms with Crippen LogP contribution in [0.25, 0.3) is 0 Å². The van der Waals surface area contributed by atoms with E-state index in [1.54, 1.807) is 12.3 Å². The van der Waals surface area contributed by atoms with E-state index in [2.05, 4.69) is 14.8 Å². The van der Waals surface area contributed by atoms with E-state index in [9.17, 15) is 4.79 Å². The average molecular weight is 502 g/mol. The maximum atomic E-state index is 13.2. The lowest BCUT2D eigenvalue weighted by Gasteiger charge is -2.37. The number of anilines is 1. The fourth-order valence-corrected chi connectivity index (χ4v) is 5.67. The van der Waals surface area contributed by atoms with Crippen LogP contribution >= 0.6 is 23.2 Å². The zero-order valence-electron chi connectivity index (χ0n) is 19.7. The van der Waals surface area contributed by atoms with E-state index in [0.29, 0.717) is 34.2 Å². The number of benzene rings is 1. The summed E-state index contributed by atoms with van der Waals surface area (Å²) >= 11 is 12.5. The van der Waals surface area contributed by atoms with Gasteiger partial charge in [-0.1, -0.05) is 23.2 Å². The standard InChI is InChI=1S/C26H33Cl2N5O/c1-2-30-25(21-14-22(27)16-23(28)15-21)19-6-11-33(12-7-19)26(34)20-4-9-32(10-5-20)17-18-3-8-31-24(29)13-18/h3,8,13-16,19-20H,2,4-7,9-12,17H2,1H3,(H2,29,31). The number of nitrogens with two attached hydrogens (primary N) is 1. The third kappa shape index (κ3) is 6.29. The molecule has 2 aromatic rings. The molecule has 1 amide bonds. The molecule has 2 N–H and O–H groups in total. The van der Waals surface area contributed by atoms with Gasteiger partial charge in [-0.2, -0.15) is 0 Å². The number of hydrogen-bond acceptors (Lipinski definition) is 5. The van der Waals surface area contributed by atoms with E-state index in [4.69, 9.17) is 33.9 Å². The van der Waals surface area contributed by atoms with Crippen LogP contribution in [0.5, 0.6) is 0 Å². The van der Waals surface area contributed by atoms with Gasteiger partial charge in [0.05, 0.1) is 0 Å². The number of hydrogen-bond donors (Lipinski definition) is 1. The lowest BCUT2D eigenvalue weighted by Crippen LogP contribution is -2.46. The van der Waals surface area contributed by atoms with Crippen LogP contribution in [-0.2, 0) is 11.3 Å². The second-order valence-corrected chi connectivity index (χ2v) is 10.1. The maximum absolute atomic E-state index is 13.2. The Kier molecular flexibility index (Phi) is 8.46. The molecule has 4 rings (SSSR count). The first-order chi connectivity index (χ1) is 16.4. The molecule has 2 aliphatic rings. The molecule has 8 heteroatoms. The minimum absolute atomic E-state index is 0.117. The second kappa shape index (κ2) is 11.5.